The highest BCUT2D eigenvalue weighted by Crippen LogP contribution is 2.24. The first kappa shape index (κ1) is 21.0. The molecule has 1 aliphatic rings. The molecule has 3 aromatic rings. The Labute approximate surface area is 179 Å². The van der Waals surface area contributed by atoms with Gasteiger partial charge in [-0.1, -0.05) is 0 Å². The van der Waals surface area contributed by atoms with Crippen molar-refractivity contribution in [1.29, 1.82) is 0 Å². The number of hydrogen-bond donors (Lipinski definition) is 5. The van der Waals surface area contributed by atoms with Gasteiger partial charge in [0.25, 0.3) is 0 Å². The molecule has 1 aliphatic heterocycles. The molecule has 2 atom stereocenters. The fraction of sp³-hybridized carbons (Fsp3) is 0.400. The van der Waals surface area contributed by atoms with E-state index in [1.807, 2.05) is 24.0 Å². The predicted molar refractivity (Wildman–Crippen MR) is 121 cm³/mol. The lowest BCUT2D eigenvalue weighted by atomic mass is 10.0. The summed E-state index contributed by atoms with van der Waals surface area (Å²) in [5.74, 6) is 1.21. The van der Waals surface area contributed by atoms with Gasteiger partial charge in [0.1, 0.15) is 5.58 Å². The largest absolute Gasteiger partial charge is 0.423 e. The molecule has 0 saturated carbocycles. The molecule has 164 valence electrons. The van der Waals surface area contributed by atoms with E-state index in [0.29, 0.717) is 55.3 Å². The standard InChI is InChI=1S/C20H27N9O2/c1-11-6-17(30)31-16-8-14(2-3-15(11)16)25-19-26-18(24-5-4-21)27-20(28-19)29-9-12(22)7-13(23)10-29/h2-3,6,8,12-13H,4-5,7,9-10,21-23H2,1H3,(H2,24,25,26,27,28)/t12-,13+. The average Bonchev–Trinajstić information content (AvgIpc) is 2.71. The number of nitrogens with one attached hydrogen (secondary N) is 2. The Bertz CT molecular complexity index is 1120. The third-order valence-corrected chi connectivity index (χ3v) is 5.06. The number of rotatable bonds is 6. The fourth-order valence-electron chi connectivity index (χ4n) is 3.70. The molecule has 1 aromatic carbocycles. The second-order valence-corrected chi connectivity index (χ2v) is 7.74. The van der Waals surface area contributed by atoms with Crippen molar-refractivity contribution in [2.24, 2.45) is 17.2 Å². The molecular weight excluding hydrogens is 398 g/mol. The highest BCUT2D eigenvalue weighted by Gasteiger charge is 2.25. The second-order valence-electron chi connectivity index (χ2n) is 7.74. The number of fused-ring (bicyclic) bond motifs is 1. The SMILES string of the molecule is Cc1cc(=O)oc2cc(Nc3nc(NCCN)nc(N4C[C@H](N)C[C@H](N)C4)n3)ccc12. The van der Waals surface area contributed by atoms with Crippen molar-refractivity contribution in [3.05, 3.63) is 40.2 Å². The van der Waals surface area contributed by atoms with Crippen molar-refractivity contribution in [3.63, 3.8) is 0 Å². The zero-order valence-electron chi connectivity index (χ0n) is 17.3. The number of aromatic nitrogens is 3. The Morgan fingerprint density at radius 1 is 1.13 bits per heavy atom. The number of benzene rings is 1. The van der Waals surface area contributed by atoms with Gasteiger partial charge >= 0.3 is 5.63 Å². The maximum absolute atomic E-state index is 11.7. The van der Waals surface area contributed by atoms with Crippen LogP contribution in [0.2, 0.25) is 0 Å². The molecule has 0 bridgehead atoms. The van der Waals surface area contributed by atoms with E-state index >= 15 is 0 Å². The molecule has 4 rings (SSSR count). The molecule has 1 fully saturated rings. The van der Waals surface area contributed by atoms with Crippen LogP contribution in [0.4, 0.5) is 23.5 Å². The van der Waals surface area contributed by atoms with Crippen LogP contribution in [-0.2, 0) is 0 Å². The molecular formula is C20H27N9O2. The Morgan fingerprint density at radius 2 is 1.87 bits per heavy atom. The van der Waals surface area contributed by atoms with Crippen LogP contribution in [0.5, 0.6) is 0 Å². The van der Waals surface area contributed by atoms with Gasteiger partial charge in [-0.3, -0.25) is 0 Å². The maximum atomic E-state index is 11.7. The van der Waals surface area contributed by atoms with E-state index in [2.05, 4.69) is 25.6 Å². The quantitative estimate of drug-likeness (QED) is 0.343. The minimum atomic E-state index is -0.393. The van der Waals surface area contributed by atoms with E-state index in [0.717, 1.165) is 17.4 Å². The lowest BCUT2D eigenvalue weighted by Gasteiger charge is -2.34. The third kappa shape index (κ3) is 4.90. The lowest BCUT2D eigenvalue weighted by Crippen LogP contribution is -2.52. The number of nitrogens with two attached hydrogens (primary N) is 3. The first-order valence-electron chi connectivity index (χ1n) is 10.2. The van der Waals surface area contributed by atoms with Crippen LogP contribution in [-0.4, -0.2) is 53.2 Å². The van der Waals surface area contributed by atoms with Gasteiger partial charge in [-0.15, -0.1) is 0 Å². The van der Waals surface area contributed by atoms with Crippen LogP contribution < -0.4 is 38.4 Å². The summed E-state index contributed by atoms with van der Waals surface area (Å²) in [6.07, 6.45) is 0.757. The summed E-state index contributed by atoms with van der Waals surface area (Å²) in [4.78, 5) is 27.2. The van der Waals surface area contributed by atoms with Gasteiger partial charge in [-0.05, 0) is 31.0 Å². The van der Waals surface area contributed by atoms with Gasteiger partial charge in [0, 0.05) is 61.5 Å². The van der Waals surface area contributed by atoms with E-state index < -0.39 is 5.63 Å². The summed E-state index contributed by atoms with van der Waals surface area (Å²) in [6, 6.07) is 6.87. The summed E-state index contributed by atoms with van der Waals surface area (Å²) in [6.45, 7) is 4.03. The first-order chi connectivity index (χ1) is 14.9. The zero-order chi connectivity index (χ0) is 22.0. The van der Waals surface area contributed by atoms with Crippen LogP contribution in [0.1, 0.15) is 12.0 Å². The lowest BCUT2D eigenvalue weighted by molar-refractivity contribution is 0.447. The van der Waals surface area contributed by atoms with Crippen LogP contribution in [0.3, 0.4) is 0 Å². The smallest absolute Gasteiger partial charge is 0.336 e. The summed E-state index contributed by atoms with van der Waals surface area (Å²) < 4.78 is 5.33. The molecule has 0 spiro atoms. The molecule has 0 aliphatic carbocycles. The molecule has 0 radical (unpaired) electrons. The fourth-order valence-corrected chi connectivity index (χ4v) is 3.70. The monoisotopic (exact) mass is 425 g/mol. The van der Waals surface area contributed by atoms with Crippen molar-refractivity contribution >= 4 is 34.5 Å². The van der Waals surface area contributed by atoms with Gasteiger partial charge in [-0.25, -0.2) is 4.79 Å². The predicted octanol–water partition coefficient (Wildman–Crippen LogP) is 0.265. The number of aryl methyl sites for hydroxylation is 1. The molecule has 8 N–H and O–H groups in total. The Balaban J connectivity index is 1.66. The highest BCUT2D eigenvalue weighted by molar-refractivity contribution is 5.83. The number of anilines is 4. The molecule has 2 aromatic heterocycles. The first-order valence-corrected chi connectivity index (χ1v) is 10.2. The van der Waals surface area contributed by atoms with Gasteiger partial charge in [0.2, 0.25) is 17.8 Å². The maximum Gasteiger partial charge on any atom is 0.336 e. The van der Waals surface area contributed by atoms with Gasteiger partial charge in [0.05, 0.1) is 0 Å². The van der Waals surface area contributed by atoms with Crippen LogP contribution >= 0.6 is 0 Å². The summed E-state index contributed by atoms with van der Waals surface area (Å²) in [5, 5.41) is 7.12. The summed E-state index contributed by atoms with van der Waals surface area (Å²) in [7, 11) is 0. The second kappa shape index (κ2) is 8.84. The van der Waals surface area contributed by atoms with Gasteiger partial charge < -0.3 is 37.2 Å². The van der Waals surface area contributed by atoms with E-state index in [1.54, 1.807) is 6.07 Å². The Kier molecular flexibility index (Phi) is 5.98. The van der Waals surface area contributed by atoms with Crippen molar-refractivity contribution in [1.82, 2.24) is 15.0 Å². The minimum absolute atomic E-state index is 0.0519. The van der Waals surface area contributed by atoms with Crippen molar-refractivity contribution in [2.45, 2.75) is 25.4 Å². The summed E-state index contributed by atoms with van der Waals surface area (Å²) in [5.41, 5.74) is 19.5. The normalized spacial score (nSPS) is 18.9. The highest BCUT2D eigenvalue weighted by atomic mass is 16.4. The van der Waals surface area contributed by atoms with Crippen molar-refractivity contribution in [3.8, 4) is 0 Å². The van der Waals surface area contributed by atoms with E-state index in [1.165, 1.54) is 6.07 Å². The van der Waals surface area contributed by atoms with E-state index in [-0.39, 0.29) is 12.1 Å². The zero-order valence-corrected chi connectivity index (χ0v) is 17.3. The molecule has 0 unspecified atom stereocenters. The third-order valence-electron chi connectivity index (χ3n) is 5.06. The molecule has 31 heavy (non-hydrogen) atoms. The van der Waals surface area contributed by atoms with Crippen molar-refractivity contribution in [2.75, 3.05) is 41.7 Å². The Hall–Kier alpha value is -3.28. The van der Waals surface area contributed by atoms with Gasteiger partial charge in [0.15, 0.2) is 0 Å². The van der Waals surface area contributed by atoms with E-state index in [4.69, 9.17) is 21.6 Å². The number of piperidine rings is 1. The molecule has 11 heteroatoms. The number of nitrogens with zero attached hydrogens (tertiary/aromatic N) is 4. The molecule has 1 saturated heterocycles. The summed E-state index contributed by atoms with van der Waals surface area (Å²) >= 11 is 0. The molecule has 0 amide bonds. The number of hydrogen-bond acceptors (Lipinski definition) is 11. The average molecular weight is 425 g/mol. The van der Waals surface area contributed by atoms with Crippen molar-refractivity contribution < 1.29 is 4.42 Å². The van der Waals surface area contributed by atoms with Gasteiger partial charge in [-0.2, -0.15) is 15.0 Å². The van der Waals surface area contributed by atoms with Crippen LogP contribution in [0.15, 0.2) is 33.5 Å². The minimum Gasteiger partial charge on any atom is -0.423 e. The molecule has 11 nitrogen and oxygen atoms in total. The van der Waals surface area contributed by atoms with Crippen LogP contribution in [0.25, 0.3) is 11.0 Å². The van der Waals surface area contributed by atoms with Crippen LogP contribution in [0, 0.1) is 6.92 Å². The molecule has 3 heterocycles. The Morgan fingerprint density at radius 3 is 2.61 bits per heavy atom. The topological polar surface area (TPSA) is 174 Å². The van der Waals surface area contributed by atoms with E-state index in [9.17, 15) is 4.79 Å².